The van der Waals surface area contributed by atoms with E-state index in [-0.39, 0.29) is 16.9 Å². The second-order valence-electron chi connectivity index (χ2n) is 19.7. The summed E-state index contributed by atoms with van der Waals surface area (Å²) in [6, 6.07) is 4.62. The number of esters is 6. The lowest BCUT2D eigenvalue weighted by atomic mass is 9.95. The number of hydrogen-bond acceptors (Lipinski definition) is 13. The minimum Gasteiger partial charge on any atom is -0.422 e. The quantitative estimate of drug-likeness (QED) is 0.141. The van der Waals surface area contributed by atoms with Gasteiger partial charge in [0.2, 0.25) is 11.5 Å². The summed E-state index contributed by atoms with van der Waals surface area (Å²) in [5, 5.41) is 0. The molecule has 13 heteroatoms. The molecule has 2 aromatic rings. The highest BCUT2D eigenvalue weighted by Crippen LogP contribution is 2.46. The summed E-state index contributed by atoms with van der Waals surface area (Å²) in [5.74, 6) is -8.39. The third kappa shape index (κ3) is 12.2. The van der Waals surface area contributed by atoms with E-state index in [0.29, 0.717) is 0 Å². The summed E-state index contributed by atoms with van der Waals surface area (Å²) in [5.41, 5.74) is -7.20. The molecule has 0 spiro atoms. The Labute approximate surface area is 330 Å². The van der Waals surface area contributed by atoms with Gasteiger partial charge < -0.3 is 28.4 Å². The normalized spacial score (nSPS) is 12.6. The molecule has 0 saturated carbocycles. The molecule has 0 bridgehead atoms. The molecule has 308 valence electrons. The molecule has 0 radical (unpaired) electrons. The van der Waals surface area contributed by atoms with E-state index >= 15 is 0 Å². The van der Waals surface area contributed by atoms with Crippen LogP contribution in [0.4, 0.5) is 0 Å². The van der Waals surface area contributed by atoms with Gasteiger partial charge in [-0.3, -0.25) is 33.6 Å². The number of hydrogen-bond donors (Lipinski definition) is 0. The first-order valence-corrected chi connectivity index (χ1v) is 18.2. The second kappa shape index (κ2) is 16.2. The van der Waals surface area contributed by atoms with Crippen LogP contribution in [0.2, 0.25) is 0 Å². The zero-order valence-electron chi connectivity index (χ0n) is 36.1. The average molecular weight is 783 g/mol. The van der Waals surface area contributed by atoms with E-state index in [9.17, 15) is 33.6 Å². The number of carbonyl (C=O) groups is 7. The highest BCUT2D eigenvalue weighted by Gasteiger charge is 2.37. The van der Waals surface area contributed by atoms with Gasteiger partial charge in [0, 0.05) is 5.56 Å². The van der Waals surface area contributed by atoms with Crippen LogP contribution >= 0.6 is 0 Å². The zero-order valence-corrected chi connectivity index (χ0v) is 36.1. The number of carbonyl (C=O) groups excluding carboxylic acids is 7. The van der Waals surface area contributed by atoms with Gasteiger partial charge in [0.1, 0.15) is 0 Å². The SMILES string of the molecule is CC(C)(C)C(=O)Oc1cc(C(=O)c2ccc(OC(=O)C(C)(C)C)c(OC(=O)C(C)(C)C)c2OC(=O)C(C)(C)C)cc(OC(=O)C(C)(C)C)c1OC(=O)C(C)(C)C. The molecule has 0 atom stereocenters. The van der Waals surface area contributed by atoms with Gasteiger partial charge in [0.05, 0.1) is 38.1 Å². The van der Waals surface area contributed by atoms with Crippen molar-refractivity contribution in [3.63, 3.8) is 0 Å². The molecule has 2 rings (SSSR count). The summed E-state index contributed by atoms with van der Waals surface area (Å²) >= 11 is 0. The third-order valence-electron chi connectivity index (χ3n) is 7.47. The largest absolute Gasteiger partial charge is 0.422 e. The van der Waals surface area contributed by atoms with Crippen molar-refractivity contribution in [1.82, 2.24) is 0 Å². The van der Waals surface area contributed by atoms with Crippen LogP contribution in [0.5, 0.6) is 34.5 Å². The number of ketones is 1. The van der Waals surface area contributed by atoms with Crippen LogP contribution in [0, 0.1) is 32.5 Å². The van der Waals surface area contributed by atoms with E-state index in [2.05, 4.69) is 0 Å². The summed E-state index contributed by atoms with van der Waals surface area (Å²) in [7, 11) is 0. The Balaban J connectivity index is 3.17. The molecule has 0 unspecified atom stereocenters. The molecule has 13 nitrogen and oxygen atoms in total. The lowest BCUT2D eigenvalue weighted by Crippen LogP contribution is -2.30. The molecule has 0 aliphatic carbocycles. The average Bonchev–Trinajstić information content (AvgIpc) is 3.00. The van der Waals surface area contributed by atoms with Gasteiger partial charge in [-0.1, -0.05) is 0 Å². The Morgan fingerprint density at radius 1 is 0.339 bits per heavy atom. The predicted molar refractivity (Wildman–Crippen MR) is 207 cm³/mol. The van der Waals surface area contributed by atoms with E-state index in [1.54, 1.807) is 125 Å². The van der Waals surface area contributed by atoms with Crippen LogP contribution in [0.15, 0.2) is 24.3 Å². The molecule has 56 heavy (non-hydrogen) atoms. The van der Waals surface area contributed by atoms with E-state index in [4.69, 9.17) is 28.4 Å². The summed E-state index contributed by atoms with van der Waals surface area (Å²) < 4.78 is 34.4. The maximum Gasteiger partial charge on any atom is 0.316 e. The predicted octanol–water partition coefficient (Wildman–Crippen LogP) is 8.63. The topological polar surface area (TPSA) is 175 Å². The van der Waals surface area contributed by atoms with Crippen LogP contribution in [-0.2, 0) is 28.8 Å². The van der Waals surface area contributed by atoms with Gasteiger partial charge in [-0.25, -0.2) is 0 Å². The van der Waals surface area contributed by atoms with Crippen molar-refractivity contribution in [3.8, 4) is 34.5 Å². The molecule has 0 saturated heterocycles. The highest BCUT2D eigenvalue weighted by molar-refractivity contribution is 6.13. The molecule has 0 N–H and O–H groups in total. The minimum atomic E-state index is -1.15. The Kier molecular flexibility index (Phi) is 13.6. The van der Waals surface area contributed by atoms with Crippen molar-refractivity contribution in [2.24, 2.45) is 32.5 Å². The summed E-state index contributed by atoms with van der Waals surface area (Å²) in [4.78, 5) is 94.6. The van der Waals surface area contributed by atoms with Crippen LogP contribution in [-0.4, -0.2) is 41.6 Å². The molecule has 0 amide bonds. The molecule has 0 fully saturated rings. The van der Waals surface area contributed by atoms with Crippen LogP contribution in [0.25, 0.3) is 0 Å². The lowest BCUT2D eigenvalue weighted by Gasteiger charge is -2.25. The maximum atomic E-state index is 14.8. The molecular weight excluding hydrogens is 724 g/mol. The van der Waals surface area contributed by atoms with Crippen molar-refractivity contribution in [2.75, 3.05) is 0 Å². The summed E-state index contributed by atoms with van der Waals surface area (Å²) in [6.07, 6.45) is 0. The van der Waals surface area contributed by atoms with Crippen LogP contribution < -0.4 is 28.4 Å². The third-order valence-corrected chi connectivity index (χ3v) is 7.47. The minimum absolute atomic E-state index is 0.297. The molecule has 2 aromatic carbocycles. The molecule has 0 aliphatic rings. The molecule has 0 aromatic heterocycles. The first-order chi connectivity index (χ1) is 25.0. The van der Waals surface area contributed by atoms with Crippen molar-refractivity contribution < 1.29 is 62.0 Å². The van der Waals surface area contributed by atoms with Gasteiger partial charge in [-0.05, 0) is 149 Å². The van der Waals surface area contributed by atoms with E-state index < -0.39 is 103 Å². The Hall–Kier alpha value is -5.07. The lowest BCUT2D eigenvalue weighted by molar-refractivity contribution is -0.147. The van der Waals surface area contributed by atoms with E-state index in [1.807, 2.05) is 0 Å². The van der Waals surface area contributed by atoms with Gasteiger partial charge in [-0.15, -0.1) is 0 Å². The van der Waals surface area contributed by atoms with Crippen molar-refractivity contribution >= 4 is 41.6 Å². The first kappa shape index (κ1) is 47.1. The standard InChI is InChI=1S/C43H58O13/c1-38(2,3)32(45)51-25-20-19-24(29(54-35(48)41(10,11)12)31(25)56-37(50)43(16,17)18)28(44)23-21-26(52-33(46)39(4,5)6)30(55-36(49)42(13,14)15)27(22-23)53-34(47)40(7,8)9/h19-22H,1-18H3. The van der Waals surface area contributed by atoms with Crippen molar-refractivity contribution in [1.29, 1.82) is 0 Å². The number of ether oxygens (including phenoxy) is 6. The molecule has 0 heterocycles. The fraction of sp³-hybridized carbons (Fsp3) is 0.558. The van der Waals surface area contributed by atoms with Gasteiger partial charge in [0.25, 0.3) is 0 Å². The van der Waals surface area contributed by atoms with E-state index in [0.717, 1.165) is 12.1 Å². The Bertz CT molecular complexity index is 1860. The fourth-order valence-electron chi connectivity index (χ4n) is 3.61. The van der Waals surface area contributed by atoms with Gasteiger partial charge in [-0.2, -0.15) is 0 Å². The van der Waals surface area contributed by atoms with E-state index in [1.165, 1.54) is 12.1 Å². The van der Waals surface area contributed by atoms with Crippen molar-refractivity contribution in [3.05, 3.63) is 35.4 Å². The first-order valence-electron chi connectivity index (χ1n) is 18.2. The Morgan fingerprint density at radius 2 is 0.607 bits per heavy atom. The number of benzene rings is 2. The second-order valence-corrected chi connectivity index (χ2v) is 19.7. The molecule has 0 aliphatic heterocycles. The van der Waals surface area contributed by atoms with Crippen LogP contribution in [0.3, 0.4) is 0 Å². The van der Waals surface area contributed by atoms with Crippen LogP contribution in [0.1, 0.15) is 141 Å². The zero-order chi connectivity index (χ0) is 43.7. The smallest absolute Gasteiger partial charge is 0.316 e. The maximum absolute atomic E-state index is 14.8. The molecular formula is C43H58O13. The highest BCUT2D eigenvalue weighted by atomic mass is 16.6. The number of rotatable bonds is 8. The Morgan fingerprint density at radius 3 is 0.929 bits per heavy atom. The van der Waals surface area contributed by atoms with Crippen molar-refractivity contribution in [2.45, 2.75) is 125 Å². The monoisotopic (exact) mass is 782 g/mol. The van der Waals surface area contributed by atoms with Gasteiger partial charge in [0.15, 0.2) is 28.8 Å². The van der Waals surface area contributed by atoms with Gasteiger partial charge >= 0.3 is 35.8 Å². The summed E-state index contributed by atoms with van der Waals surface area (Å²) in [6.45, 7) is 28.4. The fourth-order valence-corrected chi connectivity index (χ4v) is 3.61.